The highest BCUT2D eigenvalue weighted by molar-refractivity contribution is 9.10. The SMILES string of the molecule is CC1CC1CN(C)C(=O)c1cc(F)cc(S(=O)(=O)Cl)c1Br. The Labute approximate surface area is 135 Å². The number of rotatable bonds is 4. The van der Waals surface area contributed by atoms with Gasteiger partial charge in [0.25, 0.3) is 15.0 Å². The fourth-order valence-corrected chi connectivity index (χ4v) is 4.45. The molecule has 116 valence electrons. The molecule has 1 aromatic carbocycles. The van der Waals surface area contributed by atoms with E-state index in [0.29, 0.717) is 18.4 Å². The minimum atomic E-state index is -4.14. The van der Waals surface area contributed by atoms with Crippen molar-refractivity contribution in [2.75, 3.05) is 13.6 Å². The maximum Gasteiger partial charge on any atom is 0.262 e. The Morgan fingerprint density at radius 3 is 2.57 bits per heavy atom. The molecular formula is C13H14BrClFNO3S. The summed E-state index contributed by atoms with van der Waals surface area (Å²) in [6, 6.07) is 1.79. The van der Waals surface area contributed by atoms with Crippen molar-refractivity contribution >= 4 is 41.6 Å². The van der Waals surface area contributed by atoms with Gasteiger partial charge in [-0.05, 0) is 46.3 Å². The molecule has 2 unspecified atom stereocenters. The van der Waals surface area contributed by atoms with Gasteiger partial charge in [0.15, 0.2) is 0 Å². The Morgan fingerprint density at radius 2 is 2.10 bits per heavy atom. The standard InChI is InChI=1S/C13H14BrClFNO3S/c1-7-3-8(7)6-17(2)13(18)10-4-9(16)5-11(12(10)14)21(15,19)20/h4-5,7-8H,3,6H2,1-2H3. The summed E-state index contributed by atoms with van der Waals surface area (Å²) in [5, 5.41) is 0. The van der Waals surface area contributed by atoms with Crippen molar-refractivity contribution in [2.24, 2.45) is 11.8 Å². The van der Waals surface area contributed by atoms with E-state index in [-0.39, 0.29) is 10.0 Å². The molecule has 1 fully saturated rings. The fourth-order valence-electron chi connectivity index (χ4n) is 2.19. The number of hydrogen-bond acceptors (Lipinski definition) is 3. The summed E-state index contributed by atoms with van der Waals surface area (Å²) in [4.78, 5) is 13.4. The lowest BCUT2D eigenvalue weighted by Gasteiger charge is -2.18. The largest absolute Gasteiger partial charge is 0.341 e. The van der Waals surface area contributed by atoms with Gasteiger partial charge in [-0.15, -0.1) is 0 Å². The highest BCUT2D eigenvalue weighted by Crippen LogP contribution is 2.38. The third kappa shape index (κ3) is 3.76. The summed E-state index contributed by atoms with van der Waals surface area (Å²) in [6.45, 7) is 2.66. The molecule has 2 atom stereocenters. The average Bonchev–Trinajstić information content (AvgIpc) is 3.05. The van der Waals surface area contributed by atoms with Crippen LogP contribution in [0.25, 0.3) is 0 Å². The zero-order chi connectivity index (χ0) is 15.9. The summed E-state index contributed by atoms with van der Waals surface area (Å²) in [5.74, 6) is -0.242. The van der Waals surface area contributed by atoms with Crippen LogP contribution in [0.2, 0.25) is 0 Å². The van der Waals surface area contributed by atoms with E-state index < -0.39 is 25.7 Å². The van der Waals surface area contributed by atoms with E-state index in [2.05, 4.69) is 22.9 Å². The van der Waals surface area contributed by atoms with Crippen LogP contribution in [0.1, 0.15) is 23.7 Å². The number of nitrogens with zero attached hydrogens (tertiary/aromatic N) is 1. The molecular weight excluding hydrogens is 385 g/mol. The molecule has 0 heterocycles. The molecule has 0 radical (unpaired) electrons. The lowest BCUT2D eigenvalue weighted by atomic mass is 10.2. The van der Waals surface area contributed by atoms with Gasteiger partial charge in [-0.3, -0.25) is 4.79 Å². The van der Waals surface area contributed by atoms with Gasteiger partial charge in [0, 0.05) is 24.3 Å². The molecule has 21 heavy (non-hydrogen) atoms. The van der Waals surface area contributed by atoms with Gasteiger partial charge in [-0.25, -0.2) is 12.8 Å². The first-order valence-corrected chi connectivity index (χ1v) is 9.40. The maximum atomic E-state index is 13.6. The Kier molecular flexibility index (Phi) is 4.66. The molecule has 0 aliphatic heterocycles. The number of benzene rings is 1. The van der Waals surface area contributed by atoms with Crippen LogP contribution in [0.3, 0.4) is 0 Å². The summed E-state index contributed by atoms with van der Waals surface area (Å²) in [6.07, 6.45) is 1.06. The predicted octanol–water partition coefficient (Wildman–Crippen LogP) is 3.24. The number of amides is 1. The molecule has 0 bridgehead atoms. The second-order valence-electron chi connectivity index (χ2n) is 5.36. The van der Waals surface area contributed by atoms with Gasteiger partial charge in [0.1, 0.15) is 10.7 Å². The van der Waals surface area contributed by atoms with Crippen molar-refractivity contribution in [1.29, 1.82) is 0 Å². The van der Waals surface area contributed by atoms with E-state index in [1.807, 2.05) is 0 Å². The smallest absolute Gasteiger partial charge is 0.262 e. The monoisotopic (exact) mass is 397 g/mol. The van der Waals surface area contributed by atoms with Crippen molar-refractivity contribution in [2.45, 2.75) is 18.2 Å². The predicted molar refractivity (Wildman–Crippen MR) is 81.4 cm³/mol. The number of carbonyl (C=O) groups excluding carboxylic acids is 1. The molecule has 0 spiro atoms. The van der Waals surface area contributed by atoms with Crippen molar-refractivity contribution in [3.05, 3.63) is 28.0 Å². The molecule has 1 aliphatic carbocycles. The molecule has 1 saturated carbocycles. The van der Waals surface area contributed by atoms with E-state index in [9.17, 15) is 17.6 Å². The molecule has 0 N–H and O–H groups in total. The maximum absolute atomic E-state index is 13.6. The van der Waals surface area contributed by atoms with Gasteiger partial charge in [0.2, 0.25) is 0 Å². The summed E-state index contributed by atoms with van der Waals surface area (Å²) >= 11 is 3.04. The average molecular weight is 399 g/mol. The lowest BCUT2D eigenvalue weighted by Crippen LogP contribution is -2.29. The summed E-state index contributed by atoms with van der Waals surface area (Å²) < 4.78 is 36.4. The molecule has 1 amide bonds. The Hall–Kier alpha value is -0.660. The number of hydrogen-bond donors (Lipinski definition) is 0. The summed E-state index contributed by atoms with van der Waals surface area (Å²) in [5.41, 5.74) is -0.0509. The highest BCUT2D eigenvalue weighted by atomic mass is 79.9. The van der Waals surface area contributed by atoms with Crippen LogP contribution in [0, 0.1) is 17.7 Å². The van der Waals surface area contributed by atoms with Gasteiger partial charge >= 0.3 is 0 Å². The van der Waals surface area contributed by atoms with E-state index in [0.717, 1.165) is 18.6 Å². The molecule has 1 aliphatic rings. The van der Waals surface area contributed by atoms with E-state index in [1.54, 1.807) is 7.05 Å². The first-order valence-electron chi connectivity index (χ1n) is 6.30. The molecule has 0 saturated heterocycles. The van der Waals surface area contributed by atoms with Crippen molar-refractivity contribution in [3.63, 3.8) is 0 Å². The number of halogens is 3. The van der Waals surface area contributed by atoms with Crippen LogP contribution in [-0.4, -0.2) is 32.8 Å². The van der Waals surface area contributed by atoms with E-state index in [4.69, 9.17) is 10.7 Å². The highest BCUT2D eigenvalue weighted by Gasteiger charge is 2.35. The van der Waals surface area contributed by atoms with Crippen LogP contribution in [-0.2, 0) is 9.05 Å². The Balaban J connectivity index is 2.34. The molecule has 2 rings (SSSR count). The molecule has 0 aromatic heterocycles. The first kappa shape index (κ1) is 16.7. The van der Waals surface area contributed by atoms with Crippen LogP contribution >= 0.6 is 26.6 Å². The molecule has 4 nitrogen and oxygen atoms in total. The topological polar surface area (TPSA) is 54.5 Å². The lowest BCUT2D eigenvalue weighted by molar-refractivity contribution is 0.0785. The van der Waals surface area contributed by atoms with E-state index in [1.165, 1.54) is 4.90 Å². The first-order chi connectivity index (χ1) is 9.61. The number of carbonyl (C=O) groups is 1. The van der Waals surface area contributed by atoms with Crippen molar-refractivity contribution in [1.82, 2.24) is 4.90 Å². The van der Waals surface area contributed by atoms with Crippen LogP contribution < -0.4 is 0 Å². The normalized spacial score (nSPS) is 21.2. The van der Waals surface area contributed by atoms with Gasteiger partial charge in [0.05, 0.1) is 10.0 Å². The second-order valence-corrected chi connectivity index (χ2v) is 8.69. The van der Waals surface area contributed by atoms with Crippen molar-refractivity contribution in [3.8, 4) is 0 Å². The van der Waals surface area contributed by atoms with Crippen LogP contribution in [0.4, 0.5) is 4.39 Å². The third-order valence-electron chi connectivity index (χ3n) is 3.63. The third-order valence-corrected chi connectivity index (χ3v) is 6.09. The van der Waals surface area contributed by atoms with E-state index >= 15 is 0 Å². The minimum Gasteiger partial charge on any atom is -0.341 e. The van der Waals surface area contributed by atoms with Crippen molar-refractivity contribution < 1.29 is 17.6 Å². The second kappa shape index (κ2) is 5.85. The Morgan fingerprint density at radius 1 is 1.52 bits per heavy atom. The molecule has 8 heteroatoms. The van der Waals surface area contributed by atoms with Crippen LogP contribution in [0.15, 0.2) is 21.5 Å². The van der Waals surface area contributed by atoms with Gasteiger partial charge in [-0.2, -0.15) is 0 Å². The minimum absolute atomic E-state index is 0.0143. The Bertz CT molecular complexity index is 695. The van der Waals surface area contributed by atoms with Crippen LogP contribution in [0.5, 0.6) is 0 Å². The summed E-state index contributed by atoms with van der Waals surface area (Å²) in [7, 11) is 2.72. The zero-order valence-electron chi connectivity index (χ0n) is 11.4. The zero-order valence-corrected chi connectivity index (χ0v) is 14.6. The fraction of sp³-hybridized carbons (Fsp3) is 0.462. The van der Waals surface area contributed by atoms with Gasteiger partial charge in [-0.1, -0.05) is 6.92 Å². The quantitative estimate of drug-likeness (QED) is 0.732. The van der Waals surface area contributed by atoms with Gasteiger partial charge < -0.3 is 4.90 Å². The molecule has 1 aromatic rings.